The van der Waals surface area contributed by atoms with Gasteiger partial charge in [0.25, 0.3) is 0 Å². The van der Waals surface area contributed by atoms with Crippen LogP contribution >= 0.6 is 0 Å². The van der Waals surface area contributed by atoms with Gasteiger partial charge in [-0.2, -0.15) is 18.3 Å². The molecule has 1 aromatic carbocycles. The summed E-state index contributed by atoms with van der Waals surface area (Å²) < 4.78 is 45.4. The van der Waals surface area contributed by atoms with Gasteiger partial charge in [0, 0.05) is 44.1 Å². The average molecular weight is 366 g/mol. The van der Waals surface area contributed by atoms with Crippen LogP contribution in [0.25, 0.3) is 0 Å². The molecule has 5 nitrogen and oxygen atoms in total. The fraction of sp³-hybridized carbons (Fsp3) is 0.500. The van der Waals surface area contributed by atoms with Gasteiger partial charge in [-0.3, -0.25) is 9.58 Å². The van der Waals surface area contributed by atoms with Crippen LogP contribution in [0.2, 0.25) is 0 Å². The second-order valence-corrected chi connectivity index (χ2v) is 6.83. The van der Waals surface area contributed by atoms with Crippen LogP contribution in [0.15, 0.2) is 36.7 Å². The van der Waals surface area contributed by atoms with Crippen molar-refractivity contribution >= 4 is 5.69 Å². The molecule has 0 spiro atoms. The molecule has 2 fully saturated rings. The lowest BCUT2D eigenvalue weighted by molar-refractivity contribution is -0.137. The molecule has 0 bridgehead atoms. The summed E-state index contributed by atoms with van der Waals surface area (Å²) in [6.07, 6.45) is -0.607. The average Bonchev–Trinajstić information content (AvgIpc) is 3.29. The number of methoxy groups -OCH3 is 1. The normalized spacial score (nSPS) is 20.2. The maximum atomic E-state index is 12.9. The van der Waals surface area contributed by atoms with Crippen LogP contribution in [0.3, 0.4) is 0 Å². The van der Waals surface area contributed by atoms with Crippen molar-refractivity contribution in [3.63, 3.8) is 0 Å². The van der Waals surface area contributed by atoms with Gasteiger partial charge >= 0.3 is 6.18 Å². The lowest BCUT2D eigenvalue weighted by atomic mass is 10.2. The molecule has 2 aliphatic rings. The van der Waals surface area contributed by atoms with Crippen molar-refractivity contribution in [2.24, 2.45) is 0 Å². The molecule has 0 unspecified atom stereocenters. The van der Waals surface area contributed by atoms with Crippen molar-refractivity contribution in [1.82, 2.24) is 14.7 Å². The predicted octanol–water partition coefficient (Wildman–Crippen LogP) is 3.18. The third-order valence-electron chi connectivity index (χ3n) is 5.32. The van der Waals surface area contributed by atoms with E-state index in [0.29, 0.717) is 0 Å². The largest absolute Gasteiger partial charge is 0.497 e. The van der Waals surface area contributed by atoms with Crippen LogP contribution in [0.4, 0.5) is 18.9 Å². The number of aromatic nitrogens is 2. The summed E-state index contributed by atoms with van der Waals surface area (Å²) in [5.41, 5.74) is 0.0373. The molecular formula is C18H21F3N4O. The van der Waals surface area contributed by atoms with E-state index in [2.05, 4.69) is 14.9 Å². The van der Waals surface area contributed by atoms with Crippen LogP contribution in [-0.4, -0.2) is 48.0 Å². The second kappa shape index (κ2) is 6.19. The Bertz CT molecular complexity index is 777. The van der Waals surface area contributed by atoms with E-state index < -0.39 is 11.7 Å². The smallest absolute Gasteiger partial charge is 0.419 e. The molecule has 4 rings (SSSR count). The summed E-state index contributed by atoms with van der Waals surface area (Å²) in [5.74, 6) is 0.819. The number of nitrogens with zero attached hydrogens (tertiary/aromatic N) is 4. The number of rotatable bonds is 4. The van der Waals surface area contributed by atoms with Crippen molar-refractivity contribution in [1.29, 1.82) is 0 Å². The van der Waals surface area contributed by atoms with Crippen molar-refractivity contribution in [3.05, 3.63) is 42.2 Å². The van der Waals surface area contributed by atoms with Gasteiger partial charge in [-0.05, 0) is 25.0 Å². The Kier molecular flexibility index (Phi) is 4.10. The monoisotopic (exact) mass is 366 g/mol. The highest BCUT2D eigenvalue weighted by Gasteiger charge is 2.52. The zero-order valence-electron chi connectivity index (χ0n) is 14.5. The van der Waals surface area contributed by atoms with Gasteiger partial charge in [-0.15, -0.1) is 0 Å². The summed E-state index contributed by atoms with van der Waals surface area (Å²) in [7, 11) is 1.65. The number of hydrogen-bond donors (Lipinski definition) is 0. The van der Waals surface area contributed by atoms with Crippen LogP contribution in [0, 0.1) is 0 Å². The number of benzene rings is 1. The third kappa shape index (κ3) is 3.02. The first-order valence-corrected chi connectivity index (χ1v) is 8.69. The molecule has 2 aromatic rings. The molecule has 1 aliphatic heterocycles. The standard InChI is InChI=1S/C18H21F3N4O/c1-26-16-4-2-3-15(11-16)23-7-9-24(10-8-23)17(5-6-17)25-13-14(12-22-25)18(19,20)21/h2-4,11-13H,5-10H2,1H3. The highest BCUT2D eigenvalue weighted by atomic mass is 19.4. The Labute approximate surface area is 149 Å². The SMILES string of the molecule is COc1cccc(N2CCN(C3(n4cc(C(F)(F)F)cn4)CC3)CC2)c1. The van der Waals surface area contributed by atoms with Crippen LogP contribution in [-0.2, 0) is 11.8 Å². The zero-order chi connectivity index (χ0) is 18.4. The van der Waals surface area contributed by atoms with Crippen LogP contribution in [0.1, 0.15) is 18.4 Å². The Morgan fingerprint density at radius 3 is 2.42 bits per heavy atom. The van der Waals surface area contributed by atoms with E-state index >= 15 is 0 Å². The predicted molar refractivity (Wildman–Crippen MR) is 91.2 cm³/mol. The Hall–Kier alpha value is -2.22. The maximum Gasteiger partial charge on any atom is 0.419 e. The van der Waals surface area contributed by atoms with Crippen molar-refractivity contribution in [2.45, 2.75) is 24.7 Å². The molecule has 8 heteroatoms. The van der Waals surface area contributed by atoms with Gasteiger partial charge in [0.2, 0.25) is 0 Å². The highest BCUT2D eigenvalue weighted by molar-refractivity contribution is 5.51. The number of ether oxygens (including phenoxy) is 1. The van der Waals surface area contributed by atoms with E-state index in [-0.39, 0.29) is 5.66 Å². The van der Waals surface area contributed by atoms with E-state index in [4.69, 9.17) is 4.74 Å². The lowest BCUT2D eigenvalue weighted by Crippen LogP contribution is -2.52. The summed E-state index contributed by atoms with van der Waals surface area (Å²) in [6.45, 7) is 3.22. The Balaban J connectivity index is 1.45. The maximum absolute atomic E-state index is 12.9. The molecular weight excluding hydrogens is 345 g/mol. The first kappa shape index (κ1) is 17.2. The van der Waals surface area contributed by atoms with Gasteiger partial charge < -0.3 is 9.64 Å². The van der Waals surface area contributed by atoms with Gasteiger partial charge in [-0.25, -0.2) is 0 Å². The quantitative estimate of drug-likeness (QED) is 0.832. The molecule has 1 saturated heterocycles. The molecule has 0 atom stereocenters. The molecule has 26 heavy (non-hydrogen) atoms. The number of anilines is 1. The first-order chi connectivity index (χ1) is 12.4. The fourth-order valence-corrected chi connectivity index (χ4v) is 3.69. The van der Waals surface area contributed by atoms with Gasteiger partial charge in [0.15, 0.2) is 0 Å². The van der Waals surface area contributed by atoms with Gasteiger partial charge in [-0.1, -0.05) is 6.07 Å². The summed E-state index contributed by atoms with van der Waals surface area (Å²) in [4.78, 5) is 4.54. The minimum Gasteiger partial charge on any atom is -0.497 e. The molecule has 0 N–H and O–H groups in total. The van der Waals surface area contributed by atoms with Crippen LogP contribution in [0.5, 0.6) is 5.75 Å². The van der Waals surface area contributed by atoms with Crippen molar-refractivity contribution in [3.8, 4) is 5.75 Å². The van der Waals surface area contributed by atoms with E-state index in [1.807, 2.05) is 24.3 Å². The van der Waals surface area contributed by atoms with E-state index in [0.717, 1.165) is 62.9 Å². The lowest BCUT2D eigenvalue weighted by Gasteiger charge is -2.40. The number of halogens is 3. The number of hydrogen-bond acceptors (Lipinski definition) is 4. The topological polar surface area (TPSA) is 33.5 Å². The summed E-state index contributed by atoms with van der Waals surface area (Å²) in [6, 6.07) is 7.93. The second-order valence-electron chi connectivity index (χ2n) is 6.83. The van der Waals surface area contributed by atoms with E-state index in [9.17, 15) is 13.2 Å². The first-order valence-electron chi connectivity index (χ1n) is 8.69. The zero-order valence-corrected chi connectivity index (χ0v) is 14.5. The summed E-state index contributed by atoms with van der Waals surface area (Å²) >= 11 is 0. The van der Waals surface area contributed by atoms with E-state index in [1.165, 1.54) is 4.68 Å². The van der Waals surface area contributed by atoms with Crippen LogP contribution < -0.4 is 9.64 Å². The Morgan fingerprint density at radius 2 is 1.85 bits per heavy atom. The van der Waals surface area contributed by atoms with Crippen molar-refractivity contribution in [2.75, 3.05) is 38.2 Å². The molecule has 2 heterocycles. The molecule has 140 valence electrons. The fourth-order valence-electron chi connectivity index (χ4n) is 3.69. The molecule has 1 aliphatic carbocycles. The molecule has 0 amide bonds. The number of alkyl halides is 3. The summed E-state index contributed by atoms with van der Waals surface area (Å²) in [5, 5.41) is 4.02. The Morgan fingerprint density at radius 1 is 1.12 bits per heavy atom. The van der Waals surface area contributed by atoms with E-state index in [1.54, 1.807) is 7.11 Å². The minimum absolute atomic E-state index is 0.385. The molecule has 0 radical (unpaired) electrons. The minimum atomic E-state index is -4.35. The number of piperazine rings is 1. The third-order valence-corrected chi connectivity index (χ3v) is 5.32. The molecule has 1 aromatic heterocycles. The van der Waals surface area contributed by atoms with Gasteiger partial charge in [0.1, 0.15) is 11.4 Å². The highest BCUT2D eigenvalue weighted by Crippen LogP contribution is 2.47. The van der Waals surface area contributed by atoms with Gasteiger partial charge in [0.05, 0.1) is 18.9 Å². The molecule has 1 saturated carbocycles. The van der Waals surface area contributed by atoms with Crippen molar-refractivity contribution < 1.29 is 17.9 Å².